The molecule has 2 aromatic rings. The van der Waals surface area contributed by atoms with Crippen molar-refractivity contribution in [3.63, 3.8) is 0 Å². The third kappa shape index (κ3) is 3.57. The molecule has 5 heteroatoms. The molecule has 1 atom stereocenters. The Labute approximate surface area is 132 Å². The summed E-state index contributed by atoms with van der Waals surface area (Å²) in [5.41, 5.74) is 1.64. The molecule has 0 fully saturated rings. The van der Waals surface area contributed by atoms with E-state index < -0.39 is 5.82 Å². The van der Waals surface area contributed by atoms with Gasteiger partial charge in [0.15, 0.2) is 11.0 Å². The highest BCUT2D eigenvalue weighted by atomic mass is 35.5. The maximum atomic E-state index is 13.8. The topological polar surface area (TPSA) is 24.4 Å². The van der Waals surface area contributed by atoms with E-state index in [0.29, 0.717) is 5.69 Å². The Kier molecular flexibility index (Phi) is 4.46. The third-order valence-electron chi connectivity index (χ3n) is 3.22. The van der Waals surface area contributed by atoms with Crippen molar-refractivity contribution in [1.29, 1.82) is 0 Å². The van der Waals surface area contributed by atoms with Crippen molar-refractivity contribution in [2.24, 2.45) is 4.99 Å². The number of anilines is 1. The van der Waals surface area contributed by atoms with Crippen LogP contribution in [-0.2, 0) is 6.42 Å². The maximum Gasteiger partial charge on any atom is 0.165 e. The minimum Gasteiger partial charge on any atom is -0.333 e. The van der Waals surface area contributed by atoms with Crippen LogP contribution < -0.4 is 5.32 Å². The van der Waals surface area contributed by atoms with Gasteiger partial charge in [0.25, 0.3) is 0 Å². The van der Waals surface area contributed by atoms with Crippen LogP contribution in [0.25, 0.3) is 0 Å². The van der Waals surface area contributed by atoms with E-state index in [9.17, 15) is 4.39 Å². The van der Waals surface area contributed by atoms with Crippen molar-refractivity contribution < 1.29 is 4.39 Å². The molecule has 2 aromatic carbocycles. The first-order valence-electron chi connectivity index (χ1n) is 6.68. The van der Waals surface area contributed by atoms with Gasteiger partial charge in [-0.25, -0.2) is 4.39 Å². The fourth-order valence-electron chi connectivity index (χ4n) is 2.19. The smallest absolute Gasteiger partial charge is 0.165 e. The first-order chi connectivity index (χ1) is 10.2. The lowest BCUT2D eigenvalue weighted by Gasteiger charge is -2.07. The molecule has 1 aliphatic heterocycles. The summed E-state index contributed by atoms with van der Waals surface area (Å²) < 4.78 is 13.8. The Bertz CT molecular complexity index is 661. The highest BCUT2D eigenvalue weighted by Gasteiger charge is 2.19. The molecule has 0 saturated heterocycles. The van der Waals surface area contributed by atoms with Crippen LogP contribution in [0.5, 0.6) is 0 Å². The second kappa shape index (κ2) is 6.50. The molecule has 0 spiro atoms. The van der Waals surface area contributed by atoms with Crippen molar-refractivity contribution in [3.05, 3.63) is 64.9 Å². The Morgan fingerprint density at radius 2 is 2.00 bits per heavy atom. The molecular weight excluding hydrogens is 307 g/mol. The average molecular weight is 321 g/mol. The molecule has 0 aromatic heterocycles. The van der Waals surface area contributed by atoms with Crippen molar-refractivity contribution in [3.8, 4) is 0 Å². The number of nitrogens with zero attached hydrogens (tertiary/aromatic N) is 1. The number of benzene rings is 2. The van der Waals surface area contributed by atoms with Gasteiger partial charge < -0.3 is 5.32 Å². The highest BCUT2D eigenvalue weighted by molar-refractivity contribution is 8.14. The molecule has 0 radical (unpaired) electrons. The zero-order chi connectivity index (χ0) is 14.7. The molecule has 0 aliphatic carbocycles. The molecule has 1 aliphatic rings. The average Bonchev–Trinajstić information content (AvgIpc) is 2.92. The van der Waals surface area contributed by atoms with Crippen LogP contribution >= 0.6 is 23.4 Å². The van der Waals surface area contributed by atoms with Crippen LogP contribution in [0.1, 0.15) is 5.56 Å². The minimum absolute atomic E-state index is 0.115. The monoisotopic (exact) mass is 320 g/mol. The molecule has 1 unspecified atom stereocenters. The standard InChI is InChI=1S/C16H14ClFN2S/c17-13-7-4-8-14(15(13)18)20-16-19-12(10-21-16)9-11-5-2-1-3-6-11/h1-8,12H,9-10H2,(H,19,20). The Morgan fingerprint density at radius 1 is 1.19 bits per heavy atom. The van der Waals surface area contributed by atoms with Gasteiger partial charge in [0.05, 0.1) is 16.8 Å². The van der Waals surface area contributed by atoms with Crippen molar-refractivity contribution in [1.82, 2.24) is 0 Å². The van der Waals surface area contributed by atoms with Gasteiger partial charge in [-0.2, -0.15) is 0 Å². The van der Waals surface area contributed by atoms with Gasteiger partial charge in [-0.15, -0.1) is 0 Å². The van der Waals surface area contributed by atoms with Crippen molar-refractivity contribution >= 4 is 34.2 Å². The lowest BCUT2D eigenvalue weighted by atomic mass is 10.1. The lowest BCUT2D eigenvalue weighted by molar-refractivity contribution is 0.632. The molecular formula is C16H14ClFN2S. The van der Waals surface area contributed by atoms with Crippen molar-refractivity contribution in [2.75, 3.05) is 11.1 Å². The zero-order valence-corrected chi connectivity index (χ0v) is 12.8. The summed E-state index contributed by atoms with van der Waals surface area (Å²) in [5.74, 6) is 0.466. The van der Waals surface area contributed by atoms with Gasteiger partial charge in [0, 0.05) is 5.75 Å². The normalized spacial score (nSPS) is 17.6. The van der Waals surface area contributed by atoms with Crippen LogP contribution in [0.15, 0.2) is 53.5 Å². The number of amidine groups is 1. The van der Waals surface area contributed by atoms with Crippen LogP contribution in [0.3, 0.4) is 0 Å². The van der Waals surface area contributed by atoms with Crippen molar-refractivity contribution in [2.45, 2.75) is 12.5 Å². The van der Waals surface area contributed by atoms with Gasteiger partial charge in [0.2, 0.25) is 0 Å². The number of halogens is 2. The van der Waals surface area contributed by atoms with E-state index >= 15 is 0 Å². The lowest BCUT2D eigenvalue weighted by Crippen LogP contribution is -2.09. The first-order valence-corrected chi connectivity index (χ1v) is 8.04. The minimum atomic E-state index is -0.436. The van der Waals surface area contributed by atoms with Gasteiger partial charge in [-0.3, -0.25) is 4.99 Å². The molecule has 108 valence electrons. The molecule has 0 bridgehead atoms. The number of thioether (sulfide) groups is 1. The number of hydrogen-bond donors (Lipinski definition) is 1. The predicted octanol–water partition coefficient (Wildman–Crippen LogP) is 4.61. The highest BCUT2D eigenvalue weighted by Crippen LogP contribution is 2.26. The molecule has 3 rings (SSSR count). The summed E-state index contributed by atoms with van der Waals surface area (Å²) in [7, 11) is 0. The van der Waals surface area contributed by atoms with E-state index in [1.165, 1.54) is 11.6 Å². The summed E-state index contributed by atoms with van der Waals surface area (Å²) in [6, 6.07) is 15.4. The Balaban J connectivity index is 1.67. The van der Waals surface area contributed by atoms with Gasteiger partial charge >= 0.3 is 0 Å². The van der Waals surface area contributed by atoms with Crippen LogP contribution in [0.2, 0.25) is 5.02 Å². The fourth-order valence-corrected chi connectivity index (χ4v) is 3.31. The zero-order valence-electron chi connectivity index (χ0n) is 11.2. The molecule has 1 heterocycles. The molecule has 1 N–H and O–H groups in total. The van der Waals surface area contributed by atoms with E-state index in [1.54, 1.807) is 23.9 Å². The number of hydrogen-bond acceptors (Lipinski definition) is 3. The SMILES string of the molecule is Fc1c(Cl)cccc1NC1=NC(Cc2ccccc2)CS1. The molecule has 0 saturated carbocycles. The summed E-state index contributed by atoms with van der Waals surface area (Å²) >= 11 is 7.38. The third-order valence-corrected chi connectivity index (χ3v) is 4.54. The van der Waals surface area contributed by atoms with Gasteiger partial charge in [0.1, 0.15) is 0 Å². The quantitative estimate of drug-likeness (QED) is 0.893. The van der Waals surface area contributed by atoms with Gasteiger partial charge in [-0.05, 0) is 24.1 Å². The summed E-state index contributed by atoms with van der Waals surface area (Å²) in [6.07, 6.45) is 0.900. The van der Waals surface area contributed by atoms with E-state index in [1.807, 2.05) is 18.2 Å². The molecule has 0 amide bonds. The van der Waals surface area contributed by atoms with Gasteiger partial charge in [-0.1, -0.05) is 59.8 Å². The second-order valence-electron chi connectivity index (χ2n) is 4.82. The second-order valence-corrected chi connectivity index (χ2v) is 6.23. The largest absolute Gasteiger partial charge is 0.333 e. The fraction of sp³-hybridized carbons (Fsp3) is 0.188. The van der Waals surface area contributed by atoms with E-state index in [-0.39, 0.29) is 11.1 Å². The van der Waals surface area contributed by atoms with E-state index in [0.717, 1.165) is 17.3 Å². The predicted molar refractivity (Wildman–Crippen MR) is 88.9 cm³/mol. The first kappa shape index (κ1) is 14.4. The molecule has 21 heavy (non-hydrogen) atoms. The number of rotatable bonds is 3. The number of nitrogens with one attached hydrogen (secondary N) is 1. The van der Waals surface area contributed by atoms with Crippen LogP contribution in [0.4, 0.5) is 10.1 Å². The van der Waals surface area contributed by atoms with E-state index in [2.05, 4.69) is 22.4 Å². The van der Waals surface area contributed by atoms with Crippen LogP contribution in [-0.4, -0.2) is 17.0 Å². The molecule has 2 nitrogen and oxygen atoms in total. The van der Waals surface area contributed by atoms with E-state index in [4.69, 9.17) is 11.6 Å². The Morgan fingerprint density at radius 3 is 2.81 bits per heavy atom. The maximum absolute atomic E-state index is 13.8. The summed E-state index contributed by atoms with van der Waals surface area (Å²) in [5, 5.41) is 3.88. The van der Waals surface area contributed by atoms with Crippen LogP contribution in [0, 0.1) is 5.82 Å². The summed E-state index contributed by atoms with van der Waals surface area (Å²) in [6.45, 7) is 0. The number of aliphatic imine (C=N–C) groups is 1. The Hall–Kier alpha value is -1.52. The summed E-state index contributed by atoms with van der Waals surface area (Å²) in [4.78, 5) is 4.61.